The van der Waals surface area contributed by atoms with Crippen LogP contribution in [0.15, 0.2) is 42.5 Å². The average molecular weight is 220 g/mol. The monoisotopic (exact) mass is 220 g/mol. The molecule has 1 aliphatic heterocycles. The molecule has 0 saturated carbocycles. The van der Waals surface area contributed by atoms with E-state index < -0.39 is 8.07 Å². The summed E-state index contributed by atoms with van der Waals surface area (Å²) < 4.78 is 0. The summed E-state index contributed by atoms with van der Waals surface area (Å²) in [7, 11) is 4.61. The second kappa shape index (κ2) is 3.11. The fraction of sp³-hybridized carbons (Fsp3) is 0.143. The van der Waals surface area contributed by atoms with E-state index in [1.807, 2.05) is 6.07 Å². The highest BCUT2D eigenvalue weighted by Crippen LogP contribution is 2.26. The average Bonchev–Trinajstić information content (AvgIpc) is 2.50. The largest absolute Gasteiger partial charge is 0.113 e. The van der Waals surface area contributed by atoms with E-state index in [0.717, 1.165) is 5.46 Å². The van der Waals surface area contributed by atoms with Crippen LogP contribution in [0.4, 0.5) is 0 Å². The standard InChI is InChI=1S/C14H13BSi/c1-16(2)13-9-4-3-6-10(13)11-7-5-8-12(15)14(11)16/h3-9H,1-2H3. The predicted molar refractivity (Wildman–Crippen MR) is 74.0 cm³/mol. The van der Waals surface area contributed by atoms with Crippen LogP contribution >= 0.6 is 0 Å². The van der Waals surface area contributed by atoms with Gasteiger partial charge in [0.15, 0.2) is 0 Å². The number of benzene rings is 2. The lowest BCUT2D eigenvalue weighted by atomic mass is 9.92. The van der Waals surface area contributed by atoms with Crippen molar-refractivity contribution in [2.24, 2.45) is 0 Å². The highest BCUT2D eigenvalue weighted by atomic mass is 28.3. The first kappa shape index (κ1) is 9.91. The molecule has 0 aromatic heterocycles. The lowest BCUT2D eigenvalue weighted by Gasteiger charge is -2.20. The van der Waals surface area contributed by atoms with Crippen LogP contribution in [-0.2, 0) is 0 Å². The molecule has 0 bridgehead atoms. The molecule has 16 heavy (non-hydrogen) atoms. The Morgan fingerprint density at radius 1 is 0.875 bits per heavy atom. The Kier molecular flexibility index (Phi) is 1.93. The topological polar surface area (TPSA) is 0 Å². The number of hydrogen-bond acceptors (Lipinski definition) is 0. The van der Waals surface area contributed by atoms with Crippen LogP contribution in [0, 0.1) is 0 Å². The van der Waals surface area contributed by atoms with Gasteiger partial charge >= 0.3 is 0 Å². The van der Waals surface area contributed by atoms with Crippen LogP contribution in [0.1, 0.15) is 0 Å². The maximum absolute atomic E-state index is 6.16. The number of fused-ring (bicyclic) bond motifs is 3. The third kappa shape index (κ3) is 1.11. The highest BCUT2D eigenvalue weighted by molar-refractivity contribution is 7.05. The summed E-state index contributed by atoms with van der Waals surface area (Å²) in [6.07, 6.45) is 0. The molecule has 76 valence electrons. The number of hydrogen-bond donors (Lipinski definition) is 0. The number of rotatable bonds is 0. The van der Waals surface area contributed by atoms with E-state index in [0.29, 0.717) is 0 Å². The first-order valence-electron chi connectivity index (χ1n) is 5.61. The molecule has 0 saturated heterocycles. The lowest BCUT2D eigenvalue weighted by Crippen LogP contribution is -2.54. The van der Waals surface area contributed by atoms with Gasteiger partial charge in [0.25, 0.3) is 0 Å². The first-order chi connectivity index (χ1) is 7.62. The molecule has 3 rings (SSSR count). The summed E-state index contributed by atoms with van der Waals surface area (Å²) in [6.45, 7) is 4.77. The minimum Gasteiger partial charge on any atom is -0.0964 e. The highest BCUT2D eigenvalue weighted by Gasteiger charge is 2.37. The van der Waals surface area contributed by atoms with Gasteiger partial charge in [0.2, 0.25) is 0 Å². The van der Waals surface area contributed by atoms with E-state index in [9.17, 15) is 0 Å². The molecule has 0 atom stereocenters. The van der Waals surface area contributed by atoms with Crippen molar-refractivity contribution in [3.05, 3.63) is 42.5 Å². The lowest BCUT2D eigenvalue weighted by molar-refractivity contribution is 1.72. The summed E-state index contributed by atoms with van der Waals surface area (Å²) in [5.41, 5.74) is 3.71. The van der Waals surface area contributed by atoms with Crippen molar-refractivity contribution >= 4 is 31.8 Å². The zero-order valence-electron chi connectivity index (χ0n) is 9.62. The molecular weight excluding hydrogens is 207 g/mol. The second-order valence-electron chi connectivity index (χ2n) is 4.94. The third-order valence-corrected chi connectivity index (χ3v) is 7.20. The van der Waals surface area contributed by atoms with Crippen molar-refractivity contribution in [3.63, 3.8) is 0 Å². The van der Waals surface area contributed by atoms with Gasteiger partial charge in [-0.1, -0.05) is 66.2 Å². The van der Waals surface area contributed by atoms with Gasteiger partial charge < -0.3 is 0 Å². The molecule has 0 unspecified atom stereocenters. The van der Waals surface area contributed by atoms with E-state index >= 15 is 0 Å². The van der Waals surface area contributed by atoms with Gasteiger partial charge in [0.05, 0.1) is 0 Å². The Morgan fingerprint density at radius 3 is 2.38 bits per heavy atom. The summed E-state index contributed by atoms with van der Waals surface area (Å²) in [5, 5.41) is 2.93. The van der Waals surface area contributed by atoms with Crippen LogP contribution in [0.25, 0.3) is 11.1 Å². The Bertz CT molecular complexity index is 573. The maximum Gasteiger partial charge on any atom is 0.113 e. The first-order valence-corrected chi connectivity index (χ1v) is 8.61. The van der Waals surface area contributed by atoms with Crippen molar-refractivity contribution in [1.29, 1.82) is 0 Å². The van der Waals surface area contributed by atoms with Crippen LogP contribution in [0.2, 0.25) is 13.1 Å². The molecule has 0 spiro atoms. The fourth-order valence-corrected chi connectivity index (χ4v) is 6.26. The zero-order chi connectivity index (χ0) is 11.3. The van der Waals surface area contributed by atoms with E-state index in [-0.39, 0.29) is 0 Å². The third-order valence-electron chi connectivity index (χ3n) is 3.61. The summed E-state index contributed by atoms with van der Waals surface area (Å²) in [4.78, 5) is 0. The SMILES string of the molecule is [B]c1cccc2c1[Si](C)(C)c1ccccc1-2. The molecule has 0 nitrogen and oxygen atoms in total. The molecule has 0 amide bonds. The van der Waals surface area contributed by atoms with Gasteiger partial charge in [-0.2, -0.15) is 0 Å². The van der Waals surface area contributed by atoms with Gasteiger partial charge in [0, 0.05) is 0 Å². The van der Waals surface area contributed by atoms with Gasteiger partial charge in [-0.05, 0) is 16.3 Å². The molecule has 0 fully saturated rings. The van der Waals surface area contributed by atoms with Gasteiger partial charge in [0.1, 0.15) is 15.9 Å². The van der Waals surface area contributed by atoms with Crippen molar-refractivity contribution in [2.75, 3.05) is 0 Å². The van der Waals surface area contributed by atoms with Crippen LogP contribution in [0.3, 0.4) is 0 Å². The zero-order valence-corrected chi connectivity index (χ0v) is 10.6. The van der Waals surface area contributed by atoms with Gasteiger partial charge in [-0.15, -0.1) is 0 Å². The predicted octanol–water partition coefficient (Wildman–Crippen LogP) is 1.28. The quantitative estimate of drug-likeness (QED) is 0.587. The van der Waals surface area contributed by atoms with Crippen LogP contribution in [0.5, 0.6) is 0 Å². The van der Waals surface area contributed by atoms with E-state index in [1.165, 1.54) is 21.5 Å². The Hall–Kier alpha value is -1.28. The van der Waals surface area contributed by atoms with Gasteiger partial charge in [-0.25, -0.2) is 0 Å². The molecule has 0 aliphatic carbocycles. The summed E-state index contributed by atoms with van der Waals surface area (Å²) >= 11 is 0. The van der Waals surface area contributed by atoms with E-state index in [4.69, 9.17) is 7.85 Å². The Balaban J connectivity index is 2.44. The molecule has 1 aliphatic rings. The molecular formula is C14H13BSi. The minimum atomic E-state index is -1.55. The second-order valence-corrected chi connectivity index (χ2v) is 9.23. The Morgan fingerprint density at radius 2 is 1.56 bits per heavy atom. The summed E-state index contributed by atoms with van der Waals surface area (Å²) in [6, 6.07) is 15.0. The molecule has 2 aromatic rings. The van der Waals surface area contributed by atoms with Crippen LogP contribution in [-0.4, -0.2) is 15.9 Å². The molecule has 1 heterocycles. The van der Waals surface area contributed by atoms with Crippen molar-refractivity contribution < 1.29 is 0 Å². The molecule has 2 heteroatoms. The minimum absolute atomic E-state index is 0.963. The maximum atomic E-state index is 6.16. The normalized spacial score (nSPS) is 15.6. The molecule has 2 radical (unpaired) electrons. The Labute approximate surface area is 98.7 Å². The van der Waals surface area contributed by atoms with Crippen molar-refractivity contribution in [2.45, 2.75) is 13.1 Å². The molecule has 2 aromatic carbocycles. The molecule has 0 N–H and O–H groups in total. The fourth-order valence-electron chi connectivity index (χ4n) is 2.89. The van der Waals surface area contributed by atoms with Gasteiger partial charge in [-0.3, -0.25) is 0 Å². The van der Waals surface area contributed by atoms with E-state index in [1.54, 1.807) is 0 Å². The van der Waals surface area contributed by atoms with Crippen LogP contribution < -0.4 is 15.8 Å². The smallest absolute Gasteiger partial charge is 0.0964 e. The van der Waals surface area contributed by atoms with E-state index in [2.05, 4.69) is 49.5 Å². The van der Waals surface area contributed by atoms with Crippen molar-refractivity contribution in [1.82, 2.24) is 0 Å². The van der Waals surface area contributed by atoms with Crippen molar-refractivity contribution in [3.8, 4) is 11.1 Å². The summed E-state index contributed by atoms with van der Waals surface area (Å²) in [5.74, 6) is 0.